The highest BCUT2D eigenvalue weighted by Gasteiger charge is 2.16. The smallest absolute Gasteiger partial charge is 0.229 e. The van der Waals surface area contributed by atoms with Crippen molar-refractivity contribution < 1.29 is 13.6 Å². The van der Waals surface area contributed by atoms with Gasteiger partial charge in [-0.05, 0) is 40.5 Å². The molecule has 0 N–H and O–H groups in total. The fourth-order valence-electron chi connectivity index (χ4n) is 1.32. The Morgan fingerprint density at radius 1 is 1.38 bits per heavy atom. The third-order valence-electron chi connectivity index (χ3n) is 2.26. The first-order chi connectivity index (χ1) is 7.59. The molecule has 0 saturated heterocycles. The summed E-state index contributed by atoms with van der Waals surface area (Å²) in [7, 11) is 0. The molecular weight excluding hydrogens is 275 g/mol. The fraction of sp³-hybridized carbons (Fsp3) is 0.0833. The number of aryl methyl sites for hydroxylation is 1. The van der Waals surface area contributed by atoms with Crippen LogP contribution in [0.25, 0.3) is 0 Å². The predicted molar refractivity (Wildman–Crippen MR) is 61.0 cm³/mol. The molecule has 16 heavy (non-hydrogen) atoms. The zero-order chi connectivity index (χ0) is 11.7. The van der Waals surface area contributed by atoms with E-state index in [1.807, 2.05) is 0 Å². The number of ketones is 1. The van der Waals surface area contributed by atoms with Crippen LogP contribution in [-0.4, -0.2) is 5.78 Å². The van der Waals surface area contributed by atoms with Crippen LogP contribution in [0, 0.1) is 12.7 Å². The molecule has 1 heterocycles. The molecule has 0 aliphatic carbocycles. The van der Waals surface area contributed by atoms with Crippen molar-refractivity contribution in [1.29, 1.82) is 0 Å². The maximum Gasteiger partial charge on any atom is 0.229 e. The highest BCUT2D eigenvalue weighted by atomic mass is 79.9. The molecule has 2 nitrogen and oxygen atoms in total. The molecule has 0 aliphatic rings. The maximum atomic E-state index is 13.3. The molecule has 1 aromatic carbocycles. The molecule has 0 saturated carbocycles. The number of hydrogen-bond acceptors (Lipinski definition) is 2. The van der Waals surface area contributed by atoms with E-state index in [0.29, 0.717) is 10.0 Å². The molecule has 1 aromatic heterocycles. The van der Waals surface area contributed by atoms with Crippen LogP contribution in [0.3, 0.4) is 0 Å². The minimum Gasteiger partial charge on any atom is -0.460 e. The summed E-state index contributed by atoms with van der Waals surface area (Å²) in [6.07, 6.45) is 1.40. The summed E-state index contributed by atoms with van der Waals surface area (Å²) in [5.74, 6) is -0.549. The SMILES string of the molecule is Cc1ccc(C(=O)c2occc2Br)cc1F. The Morgan fingerprint density at radius 2 is 2.12 bits per heavy atom. The van der Waals surface area contributed by atoms with E-state index in [4.69, 9.17) is 4.42 Å². The predicted octanol–water partition coefficient (Wildman–Crippen LogP) is 3.72. The van der Waals surface area contributed by atoms with Gasteiger partial charge < -0.3 is 4.42 Å². The van der Waals surface area contributed by atoms with Crippen molar-refractivity contribution in [2.45, 2.75) is 6.92 Å². The van der Waals surface area contributed by atoms with Crippen LogP contribution in [-0.2, 0) is 0 Å². The number of halogens is 2. The van der Waals surface area contributed by atoms with Crippen LogP contribution in [0.2, 0.25) is 0 Å². The Balaban J connectivity index is 2.42. The van der Waals surface area contributed by atoms with E-state index in [1.165, 1.54) is 12.3 Å². The van der Waals surface area contributed by atoms with Crippen LogP contribution in [0.5, 0.6) is 0 Å². The molecule has 0 unspecified atom stereocenters. The Morgan fingerprint density at radius 3 is 2.69 bits per heavy atom. The van der Waals surface area contributed by atoms with Crippen molar-refractivity contribution in [2.24, 2.45) is 0 Å². The number of carbonyl (C=O) groups is 1. The van der Waals surface area contributed by atoms with E-state index >= 15 is 0 Å². The van der Waals surface area contributed by atoms with Crippen LogP contribution in [0.4, 0.5) is 4.39 Å². The molecule has 0 aliphatic heterocycles. The average molecular weight is 283 g/mol. The number of benzene rings is 1. The summed E-state index contributed by atoms with van der Waals surface area (Å²) in [5.41, 5.74) is 0.786. The van der Waals surface area contributed by atoms with Crippen molar-refractivity contribution in [3.63, 3.8) is 0 Å². The summed E-state index contributed by atoms with van der Waals surface area (Å²) in [5, 5.41) is 0. The number of furan rings is 1. The molecule has 0 fully saturated rings. The number of carbonyl (C=O) groups excluding carboxylic acids is 1. The Hall–Kier alpha value is -1.42. The highest BCUT2D eigenvalue weighted by molar-refractivity contribution is 9.10. The normalized spacial score (nSPS) is 10.4. The summed E-state index contributed by atoms with van der Waals surface area (Å²) >= 11 is 3.19. The largest absolute Gasteiger partial charge is 0.460 e. The molecule has 2 aromatic rings. The molecule has 4 heteroatoms. The zero-order valence-corrected chi connectivity index (χ0v) is 10.0. The highest BCUT2D eigenvalue weighted by Crippen LogP contribution is 2.21. The molecule has 0 bridgehead atoms. The Bertz CT molecular complexity index is 546. The Kier molecular flexibility index (Phi) is 2.92. The van der Waals surface area contributed by atoms with Gasteiger partial charge in [-0.25, -0.2) is 4.39 Å². The van der Waals surface area contributed by atoms with Crippen molar-refractivity contribution >= 4 is 21.7 Å². The van der Waals surface area contributed by atoms with E-state index in [2.05, 4.69) is 15.9 Å². The summed E-state index contributed by atoms with van der Waals surface area (Å²) in [4.78, 5) is 11.9. The summed E-state index contributed by atoms with van der Waals surface area (Å²) in [6.45, 7) is 1.65. The summed E-state index contributed by atoms with van der Waals surface area (Å²) < 4.78 is 18.9. The molecule has 0 radical (unpaired) electrons. The zero-order valence-electron chi connectivity index (χ0n) is 8.46. The topological polar surface area (TPSA) is 30.2 Å². The Labute approximate surface area is 100 Å². The van der Waals surface area contributed by atoms with Gasteiger partial charge in [-0.2, -0.15) is 0 Å². The average Bonchev–Trinajstić information content (AvgIpc) is 2.67. The quantitative estimate of drug-likeness (QED) is 0.786. The van der Waals surface area contributed by atoms with Gasteiger partial charge in [0.25, 0.3) is 0 Å². The molecule has 0 spiro atoms. The van der Waals surface area contributed by atoms with Crippen LogP contribution >= 0.6 is 15.9 Å². The van der Waals surface area contributed by atoms with Crippen LogP contribution in [0.1, 0.15) is 21.7 Å². The van der Waals surface area contributed by atoms with Gasteiger partial charge in [-0.15, -0.1) is 0 Å². The maximum absolute atomic E-state index is 13.3. The number of hydrogen-bond donors (Lipinski definition) is 0. The van der Waals surface area contributed by atoms with Crippen molar-refractivity contribution in [3.8, 4) is 0 Å². The van der Waals surface area contributed by atoms with E-state index in [-0.39, 0.29) is 17.1 Å². The third-order valence-corrected chi connectivity index (χ3v) is 2.88. The molecule has 0 atom stereocenters. The second-order valence-electron chi connectivity index (χ2n) is 3.39. The molecular formula is C12H8BrFO2. The lowest BCUT2D eigenvalue weighted by Crippen LogP contribution is -2.01. The van der Waals surface area contributed by atoms with Gasteiger partial charge in [0.1, 0.15) is 5.82 Å². The van der Waals surface area contributed by atoms with Gasteiger partial charge in [-0.1, -0.05) is 12.1 Å². The van der Waals surface area contributed by atoms with Gasteiger partial charge in [0.05, 0.1) is 10.7 Å². The second kappa shape index (κ2) is 4.22. The first-order valence-corrected chi connectivity index (χ1v) is 5.42. The standard InChI is InChI=1S/C12H8BrFO2/c1-7-2-3-8(6-10(7)14)11(15)12-9(13)4-5-16-12/h2-6H,1H3. The van der Waals surface area contributed by atoms with E-state index < -0.39 is 5.82 Å². The van der Waals surface area contributed by atoms with Gasteiger partial charge in [0, 0.05) is 5.56 Å². The first kappa shape index (κ1) is 11.1. The number of rotatable bonds is 2. The minimum atomic E-state index is -0.395. The lowest BCUT2D eigenvalue weighted by Gasteiger charge is -2.01. The molecule has 82 valence electrons. The molecule has 0 amide bonds. The minimum absolute atomic E-state index is 0.184. The van der Waals surface area contributed by atoms with E-state index in [0.717, 1.165) is 0 Å². The molecule has 2 rings (SSSR count). The van der Waals surface area contributed by atoms with Gasteiger partial charge in [0.15, 0.2) is 5.76 Å². The van der Waals surface area contributed by atoms with Crippen molar-refractivity contribution in [2.75, 3.05) is 0 Å². The first-order valence-electron chi connectivity index (χ1n) is 4.63. The monoisotopic (exact) mass is 282 g/mol. The fourth-order valence-corrected chi connectivity index (χ4v) is 1.70. The van der Waals surface area contributed by atoms with Crippen LogP contribution in [0.15, 0.2) is 39.4 Å². The second-order valence-corrected chi connectivity index (χ2v) is 4.25. The van der Waals surface area contributed by atoms with Gasteiger partial charge >= 0.3 is 0 Å². The van der Waals surface area contributed by atoms with Crippen molar-refractivity contribution in [3.05, 3.63) is 57.7 Å². The van der Waals surface area contributed by atoms with E-state index in [9.17, 15) is 9.18 Å². The van der Waals surface area contributed by atoms with Crippen molar-refractivity contribution in [1.82, 2.24) is 0 Å². The van der Waals surface area contributed by atoms with Crippen LogP contribution < -0.4 is 0 Å². The third kappa shape index (κ3) is 1.93. The lowest BCUT2D eigenvalue weighted by molar-refractivity contribution is 0.101. The van der Waals surface area contributed by atoms with Gasteiger partial charge in [-0.3, -0.25) is 4.79 Å². The van der Waals surface area contributed by atoms with Gasteiger partial charge in [0.2, 0.25) is 5.78 Å². The summed E-state index contributed by atoms with van der Waals surface area (Å²) in [6, 6.07) is 5.99. The lowest BCUT2D eigenvalue weighted by atomic mass is 10.1. The van der Waals surface area contributed by atoms with E-state index in [1.54, 1.807) is 25.1 Å².